The van der Waals surface area contributed by atoms with Gasteiger partial charge >= 0.3 is 0 Å². The number of hydrogen-bond acceptors (Lipinski definition) is 3. The molecule has 0 spiro atoms. The second kappa shape index (κ2) is 8.17. The molecule has 0 aliphatic carbocycles. The Kier molecular flexibility index (Phi) is 5.61. The van der Waals surface area contributed by atoms with Crippen molar-refractivity contribution in [3.05, 3.63) is 58.6 Å². The Morgan fingerprint density at radius 2 is 1.90 bits per heavy atom. The van der Waals surface area contributed by atoms with Crippen LogP contribution in [0.5, 0.6) is 0 Å². The van der Waals surface area contributed by atoms with Gasteiger partial charge in [0.1, 0.15) is 0 Å². The fourth-order valence-corrected chi connectivity index (χ4v) is 4.76. The predicted molar refractivity (Wildman–Crippen MR) is 115 cm³/mol. The van der Waals surface area contributed by atoms with Crippen LogP contribution < -0.4 is 10.2 Å². The van der Waals surface area contributed by atoms with Crippen molar-refractivity contribution in [2.45, 2.75) is 38.0 Å². The molecule has 2 heterocycles. The van der Waals surface area contributed by atoms with Crippen molar-refractivity contribution < 1.29 is 14.3 Å². The van der Waals surface area contributed by atoms with Gasteiger partial charge in [-0.25, -0.2) is 0 Å². The summed E-state index contributed by atoms with van der Waals surface area (Å²) >= 11 is 6.48. The first-order chi connectivity index (χ1) is 14.0. The van der Waals surface area contributed by atoms with Crippen LogP contribution in [-0.4, -0.2) is 31.6 Å². The summed E-state index contributed by atoms with van der Waals surface area (Å²) in [6.07, 6.45) is 2.99. The topological polar surface area (TPSA) is 58.6 Å². The summed E-state index contributed by atoms with van der Waals surface area (Å²) in [6.45, 7) is 3.37. The van der Waals surface area contributed by atoms with E-state index in [1.807, 2.05) is 42.5 Å². The van der Waals surface area contributed by atoms with E-state index in [-0.39, 0.29) is 11.8 Å². The number of carbonyl (C=O) groups excluding carboxylic acids is 2. The Balaban J connectivity index is 1.64. The largest absolute Gasteiger partial charge is 0.381 e. The highest BCUT2D eigenvalue weighted by Crippen LogP contribution is 2.40. The van der Waals surface area contributed by atoms with Gasteiger partial charge in [0.2, 0.25) is 11.8 Å². The lowest BCUT2D eigenvalue weighted by Gasteiger charge is -2.37. The van der Waals surface area contributed by atoms with Gasteiger partial charge in [0.05, 0.1) is 5.41 Å². The SMILES string of the molecule is CC(=O)N1CCCc2cc(NC(=O)C3(c4ccccc4Cl)CCOCC3)ccc21. The number of nitrogens with one attached hydrogen (secondary N) is 1. The van der Waals surface area contributed by atoms with Crippen LogP contribution in [0.15, 0.2) is 42.5 Å². The number of hydrogen-bond donors (Lipinski definition) is 1. The zero-order chi connectivity index (χ0) is 20.4. The van der Waals surface area contributed by atoms with Crippen molar-refractivity contribution in [3.63, 3.8) is 0 Å². The molecule has 0 atom stereocenters. The second-order valence-corrected chi connectivity index (χ2v) is 8.15. The minimum Gasteiger partial charge on any atom is -0.381 e. The van der Waals surface area contributed by atoms with E-state index in [0.717, 1.165) is 41.9 Å². The number of amides is 2. The first-order valence-corrected chi connectivity index (χ1v) is 10.4. The zero-order valence-corrected chi connectivity index (χ0v) is 17.3. The number of benzene rings is 2. The average molecular weight is 413 g/mol. The molecule has 0 unspecified atom stereocenters. The van der Waals surface area contributed by atoms with E-state index in [4.69, 9.17) is 16.3 Å². The lowest BCUT2D eigenvalue weighted by atomic mass is 9.73. The third-order valence-electron chi connectivity index (χ3n) is 6.01. The van der Waals surface area contributed by atoms with Gasteiger partial charge in [-0.2, -0.15) is 0 Å². The third-order valence-corrected chi connectivity index (χ3v) is 6.34. The second-order valence-electron chi connectivity index (χ2n) is 7.75. The molecule has 2 aliphatic rings. The van der Waals surface area contributed by atoms with Crippen molar-refractivity contribution in [2.75, 3.05) is 30.0 Å². The van der Waals surface area contributed by atoms with Crippen LogP contribution in [0.3, 0.4) is 0 Å². The Bertz CT molecular complexity index is 937. The Morgan fingerprint density at radius 3 is 2.62 bits per heavy atom. The molecule has 2 aromatic carbocycles. The maximum absolute atomic E-state index is 13.5. The lowest BCUT2D eigenvalue weighted by molar-refractivity contribution is -0.125. The van der Waals surface area contributed by atoms with Crippen LogP contribution in [0, 0.1) is 0 Å². The van der Waals surface area contributed by atoms with Crippen LogP contribution >= 0.6 is 11.6 Å². The van der Waals surface area contributed by atoms with Gasteiger partial charge in [0, 0.05) is 43.1 Å². The average Bonchev–Trinajstić information content (AvgIpc) is 2.73. The molecule has 5 nitrogen and oxygen atoms in total. The van der Waals surface area contributed by atoms with Gasteiger partial charge in [0.25, 0.3) is 0 Å². The number of fused-ring (bicyclic) bond motifs is 1. The van der Waals surface area contributed by atoms with Crippen molar-refractivity contribution >= 4 is 34.8 Å². The van der Waals surface area contributed by atoms with E-state index < -0.39 is 5.41 Å². The summed E-state index contributed by atoms with van der Waals surface area (Å²) < 4.78 is 5.53. The van der Waals surface area contributed by atoms with Gasteiger partial charge < -0.3 is 15.0 Å². The van der Waals surface area contributed by atoms with E-state index >= 15 is 0 Å². The van der Waals surface area contributed by atoms with E-state index in [1.165, 1.54) is 0 Å². The first-order valence-electron chi connectivity index (χ1n) is 10.1. The van der Waals surface area contributed by atoms with E-state index in [0.29, 0.717) is 31.1 Å². The molecule has 2 amide bonds. The molecule has 6 heteroatoms. The monoisotopic (exact) mass is 412 g/mol. The van der Waals surface area contributed by atoms with Crippen LogP contribution in [0.25, 0.3) is 0 Å². The minimum atomic E-state index is -0.710. The highest BCUT2D eigenvalue weighted by atomic mass is 35.5. The molecule has 152 valence electrons. The predicted octanol–water partition coefficient (Wildman–Crippen LogP) is 4.33. The molecule has 1 N–H and O–H groups in total. The summed E-state index contributed by atoms with van der Waals surface area (Å²) in [6, 6.07) is 13.3. The number of rotatable bonds is 3. The van der Waals surface area contributed by atoms with Crippen molar-refractivity contribution in [1.82, 2.24) is 0 Å². The van der Waals surface area contributed by atoms with E-state index in [9.17, 15) is 9.59 Å². The molecule has 1 saturated heterocycles. The maximum atomic E-state index is 13.5. The molecule has 29 heavy (non-hydrogen) atoms. The molecular weight excluding hydrogens is 388 g/mol. The summed E-state index contributed by atoms with van der Waals surface area (Å²) in [4.78, 5) is 27.2. The third kappa shape index (κ3) is 3.77. The molecule has 0 aromatic heterocycles. The molecular formula is C23H25ClN2O3. The Labute approximate surface area is 176 Å². The van der Waals surface area contributed by atoms with Crippen molar-refractivity contribution in [1.29, 1.82) is 0 Å². The standard InChI is InChI=1S/C23H25ClN2O3/c1-16(27)26-12-4-5-17-15-18(8-9-21(17)26)25-22(28)23(10-13-29-14-11-23)19-6-2-3-7-20(19)24/h2-3,6-9,15H,4-5,10-14H2,1H3,(H,25,28). The van der Waals surface area contributed by atoms with E-state index in [2.05, 4.69) is 5.32 Å². The Morgan fingerprint density at radius 1 is 1.14 bits per heavy atom. The molecule has 0 saturated carbocycles. The van der Waals surface area contributed by atoms with Crippen LogP contribution in [-0.2, 0) is 26.2 Å². The number of ether oxygens (including phenoxy) is 1. The zero-order valence-electron chi connectivity index (χ0n) is 16.5. The number of aryl methyl sites for hydroxylation is 1. The van der Waals surface area contributed by atoms with Crippen molar-refractivity contribution in [2.24, 2.45) is 0 Å². The quantitative estimate of drug-likeness (QED) is 0.816. The number of nitrogens with zero attached hydrogens (tertiary/aromatic N) is 1. The number of carbonyl (C=O) groups is 2. The summed E-state index contributed by atoms with van der Waals surface area (Å²) in [7, 11) is 0. The number of anilines is 2. The summed E-state index contributed by atoms with van der Waals surface area (Å²) in [5, 5.41) is 3.72. The molecule has 2 aliphatic heterocycles. The Hall–Kier alpha value is -2.37. The van der Waals surface area contributed by atoms with Crippen LogP contribution in [0.1, 0.15) is 37.3 Å². The fourth-order valence-electron chi connectivity index (χ4n) is 4.44. The van der Waals surface area contributed by atoms with Crippen LogP contribution in [0.4, 0.5) is 11.4 Å². The minimum absolute atomic E-state index is 0.0441. The van der Waals surface area contributed by atoms with Gasteiger partial charge in [-0.05, 0) is 61.1 Å². The molecule has 0 bridgehead atoms. The van der Waals surface area contributed by atoms with Gasteiger partial charge in [-0.1, -0.05) is 29.8 Å². The highest BCUT2D eigenvalue weighted by Gasteiger charge is 2.43. The van der Waals surface area contributed by atoms with Gasteiger partial charge in [0.15, 0.2) is 0 Å². The summed E-state index contributed by atoms with van der Waals surface area (Å²) in [5.41, 5.74) is 2.91. The van der Waals surface area contributed by atoms with Crippen molar-refractivity contribution in [3.8, 4) is 0 Å². The molecule has 2 aromatic rings. The molecule has 1 fully saturated rings. The molecule has 4 rings (SSSR count). The highest BCUT2D eigenvalue weighted by molar-refractivity contribution is 6.31. The smallest absolute Gasteiger partial charge is 0.235 e. The van der Waals surface area contributed by atoms with Crippen LogP contribution in [0.2, 0.25) is 5.02 Å². The fraction of sp³-hybridized carbons (Fsp3) is 0.391. The number of halogens is 1. The van der Waals surface area contributed by atoms with E-state index in [1.54, 1.807) is 11.8 Å². The molecule has 0 radical (unpaired) electrons. The lowest BCUT2D eigenvalue weighted by Crippen LogP contribution is -2.45. The van der Waals surface area contributed by atoms with Gasteiger partial charge in [-0.15, -0.1) is 0 Å². The summed E-state index contributed by atoms with van der Waals surface area (Å²) in [5.74, 6) is -0.0179. The first kappa shape index (κ1) is 19.9. The normalized spacial score (nSPS) is 18.1. The van der Waals surface area contributed by atoms with Gasteiger partial charge in [-0.3, -0.25) is 9.59 Å². The maximum Gasteiger partial charge on any atom is 0.235 e.